The zero-order valence-electron chi connectivity index (χ0n) is 16.8. The van der Waals surface area contributed by atoms with Crippen molar-refractivity contribution >= 4 is 15.9 Å². The van der Waals surface area contributed by atoms with Gasteiger partial charge in [-0.25, -0.2) is 13.2 Å². The SMILES string of the molecule is CC(C)COC(=O)N1CCC(CCCCc2ccc(S(C)(=O)=O)cc2)CC1. The maximum atomic E-state index is 12.0. The Labute approximate surface area is 164 Å². The molecule has 0 spiro atoms. The Morgan fingerprint density at radius 3 is 2.33 bits per heavy atom. The molecule has 6 heteroatoms. The number of hydrogen-bond acceptors (Lipinski definition) is 4. The van der Waals surface area contributed by atoms with Crippen molar-refractivity contribution in [1.82, 2.24) is 4.90 Å². The largest absolute Gasteiger partial charge is 0.449 e. The molecule has 0 saturated carbocycles. The molecule has 0 atom stereocenters. The predicted octanol–water partition coefficient (Wildman–Crippen LogP) is 4.31. The van der Waals surface area contributed by atoms with E-state index < -0.39 is 9.84 Å². The fourth-order valence-electron chi connectivity index (χ4n) is 3.40. The zero-order valence-corrected chi connectivity index (χ0v) is 17.6. The van der Waals surface area contributed by atoms with Crippen molar-refractivity contribution in [3.63, 3.8) is 0 Å². The van der Waals surface area contributed by atoms with Gasteiger partial charge in [0.1, 0.15) is 0 Å². The molecule has 1 heterocycles. The first-order valence-electron chi connectivity index (χ1n) is 9.96. The van der Waals surface area contributed by atoms with Gasteiger partial charge in [-0.3, -0.25) is 0 Å². The Morgan fingerprint density at radius 1 is 1.15 bits per heavy atom. The van der Waals surface area contributed by atoms with Crippen LogP contribution in [-0.2, 0) is 21.0 Å². The van der Waals surface area contributed by atoms with Gasteiger partial charge in [-0.05, 0) is 55.2 Å². The van der Waals surface area contributed by atoms with Crippen LogP contribution in [0, 0.1) is 11.8 Å². The first kappa shape index (κ1) is 21.7. The number of piperidine rings is 1. The second kappa shape index (κ2) is 10.1. The number of benzene rings is 1. The molecule has 1 aromatic rings. The lowest BCUT2D eigenvalue weighted by Gasteiger charge is -2.31. The highest BCUT2D eigenvalue weighted by atomic mass is 32.2. The summed E-state index contributed by atoms with van der Waals surface area (Å²) in [6, 6.07) is 7.22. The minimum atomic E-state index is -3.11. The summed E-state index contributed by atoms with van der Waals surface area (Å²) < 4.78 is 28.3. The average Bonchev–Trinajstić information content (AvgIpc) is 2.63. The highest BCUT2D eigenvalue weighted by Crippen LogP contribution is 2.23. The van der Waals surface area contributed by atoms with Gasteiger partial charge in [0.25, 0.3) is 0 Å². The number of rotatable bonds is 8. The van der Waals surface area contributed by atoms with Crippen LogP contribution in [-0.4, -0.2) is 45.4 Å². The summed E-state index contributed by atoms with van der Waals surface area (Å²) >= 11 is 0. The molecule has 1 amide bonds. The van der Waals surface area contributed by atoms with Crippen molar-refractivity contribution in [1.29, 1.82) is 0 Å². The van der Waals surface area contributed by atoms with Crippen LogP contribution >= 0.6 is 0 Å². The summed E-state index contributed by atoms with van der Waals surface area (Å²) in [7, 11) is -3.11. The Bertz CT molecular complexity index is 689. The number of unbranched alkanes of at least 4 members (excludes halogenated alkanes) is 1. The number of hydrogen-bond donors (Lipinski definition) is 0. The van der Waals surface area contributed by atoms with Crippen molar-refractivity contribution in [2.75, 3.05) is 26.0 Å². The quantitative estimate of drug-likeness (QED) is 0.615. The fraction of sp³-hybridized carbons (Fsp3) is 0.667. The molecule has 0 unspecified atom stereocenters. The molecule has 5 nitrogen and oxygen atoms in total. The summed E-state index contributed by atoms with van der Waals surface area (Å²) in [5.74, 6) is 1.06. The molecule has 0 aromatic heterocycles. The van der Waals surface area contributed by atoms with Gasteiger partial charge in [-0.15, -0.1) is 0 Å². The van der Waals surface area contributed by atoms with Crippen LogP contribution in [0.5, 0.6) is 0 Å². The minimum absolute atomic E-state index is 0.167. The summed E-state index contributed by atoms with van der Waals surface area (Å²) in [4.78, 5) is 14.2. The van der Waals surface area contributed by atoms with Gasteiger partial charge >= 0.3 is 6.09 Å². The van der Waals surface area contributed by atoms with E-state index in [1.54, 1.807) is 12.1 Å². The topological polar surface area (TPSA) is 63.7 Å². The molecule has 0 radical (unpaired) electrons. The zero-order chi connectivity index (χ0) is 19.9. The maximum absolute atomic E-state index is 12.0. The van der Waals surface area contributed by atoms with Crippen molar-refractivity contribution < 1.29 is 17.9 Å². The van der Waals surface area contributed by atoms with Gasteiger partial charge in [0, 0.05) is 19.3 Å². The minimum Gasteiger partial charge on any atom is -0.449 e. The van der Waals surface area contributed by atoms with Crippen LogP contribution in [0.4, 0.5) is 4.79 Å². The van der Waals surface area contributed by atoms with E-state index in [4.69, 9.17) is 4.74 Å². The summed E-state index contributed by atoms with van der Waals surface area (Å²) in [6.07, 6.45) is 7.61. The smallest absolute Gasteiger partial charge is 0.409 e. The van der Waals surface area contributed by atoms with Crippen LogP contribution in [0.25, 0.3) is 0 Å². The first-order valence-corrected chi connectivity index (χ1v) is 11.9. The molecule has 1 aliphatic heterocycles. The third-order valence-electron chi connectivity index (χ3n) is 5.09. The van der Waals surface area contributed by atoms with E-state index in [1.165, 1.54) is 18.2 Å². The molecular formula is C21H33NO4S. The van der Waals surface area contributed by atoms with Gasteiger partial charge in [0.05, 0.1) is 11.5 Å². The molecular weight excluding hydrogens is 362 g/mol. The van der Waals surface area contributed by atoms with Gasteiger partial charge < -0.3 is 9.64 Å². The van der Waals surface area contributed by atoms with E-state index >= 15 is 0 Å². The number of carbonyl (C=O) groups is 1. The van der Waals surface area contributed by atoms with Gasteiger partial charge in [0.2, 0.25) is 0 Å². The number of ether oxygens (including phenoxy) is 1. The van der Waals surface area contributed by atoms with Crippen molar-refractivity contribution in [3.8, 4) is 0 Å². The van der Waals surface area contributed by atoms with Crippen LogP contribution < -0.4 is 0 Å². The fourth-order valence-corrected chi connectivity index (χ4v) is 4.03. The van der Waals surface area contributed by atoms with Crippen LogP contribution in [0.1, 0.15) is 51.5 Å². The van der Waals surface area contributed by atoms with Crippen LogP contribution in [0.3, 0.4) is 0 Å². The number of sulfone groups is 1. The number of carbonyl (C=O) groups excluding carboxylic acids is 1. The standard InChI is InChI=1S/C21H33NO4S/c1-17(2)16-26-21(23)22-14-12-19(13-15-22)7-5-4-6-18-8-10-20(11-9-18)27(3,24)25/h8-11,17,19H,4-7,12-16H2,1-3H3. The highest BCUT2D eigenvalue weighted by Gasteiger charge is 2.23. The van der Waals surface area contributed by atoms with E-state index in [0.717, 1.165) is 45.2 Å². The van der Waals surface area contributed by atoms with Gasteiger partial charge in [0.15, 0.2) is 9.84 Å². The summed E-state index contributed by atoms with van der Waals surface area (Å²) in [6.45, 7) is 6.17. The lowest BCUT2D eigenvalue weighted by Crippen LogP contribution is -2.39. The summed E-state index contributed by atoms with van der Waals surface area (Å²) in [5.41, 5.74) is 1.19. The van der Waals surface area contributed by atoms with E-state index in [2.05, 4.69) is 0 Å². The van der Waals surface area contributed by atoms with Gasteiger partial charge in [-0.2, -0.15) is 0 Å². The Hall–Kier alpha value is -1.56. The Morgan fingerprint density at radius 2 is 1.78 bits per heavy atom. The van der Waals surface area contributed by atoms with Crippen molar-refractivity contribution in [2.24, 2.45) is 11.8 Å². The highest BCUT2D eigenvalue weighted by molar-refractivity contribution is 7.90. The Kier molecular flexibility index (Phi) is 8.14. The van der Waals surface area contributed by atoms with E-state index in [1.807, 2.05) is 30.9 Å². The van der Waals surface area contributed by atoms with E-state index in [-0.39, 0.29) is 6.09 Å². The molecule has 1 fully saturated rings. The lowest BCUT2D eigenvalue weighted by atomic mass is 9.91. The van der Waals surface area contributed by atoms with E-state index in [9.17, 15) is 13.2 Å². The van der Waals surface area contributed by atoms with Crippen molar-refractivity contribution in [3.05, 3.63) is 29.8 Å². The first-order chi connectivity index (χ1) is 12.8. The molecule has 1 saturated heterocycles. The molecule has 0 bridgehead atoms. The molecule has 2 rings (SSSR count). The summed E-state index contributed by atoms with van der Waals surface area (Å²) in [5, 5.41) is 0. The maximum Gasteiger partial charge on any atom is 0.409 e. The second-order valence-electron chi connectivity index (χ2n) is 8.06. The van der Waals surface area contributed by atoms with Gasteiger partial charge in [-0.1, -0.05) is 38.8 Å². The third-order valence-corrected chi connectivity index (χ3v) is 6.22. The average molecular weight is 396 g/mol. The van der Waals surface area contributed by atoms with Crippen LogP contribution in [0.2, 0.25) is 0 Å². The Balaban J connectivity index is 1.62. The van der Waals surface area contributed by atoms with Crippen LogP contribution in [0.15, 0.2) is 29.2 Å². The normalized spacial score (nSPS) is 15.9. The lowest BCUT2D eigenvalue weighted by molar-refractivity contribution is 0.0781. The second-order valence-corrected chi connectivity index (χ2v) is 10.1. The van der Waals surface area contributed by atoms with Crippen molar-refractivity contribution in [2.45, 2.75) is 57.3 Å². The molecule has 152 valence electrons. The molecule has 0 aliphatic carbocycles. The molecule has 1 aliphatic rings. The third kappa shape index (κ3) is 7.53. The number of likely N-dealkylation sites (tertiary alicyclic amines) is 1. The number of aryl methyl sites for hydroxylation is 1. The monoisotopic (exact) mass is 395 g/mol. The number of amides is 1. The number of nitrogens with zero attached hydrogens (tertiary/aromatic N) is 1. The molecule has 27 heavy (non-hydrogen) atoms. The molecule has 1 aromatic carbocycles. The van der Waals surface area contributed by atoms with E-state index in [0.29, 0.717) is 23.3 Å². The predicted molar refractivity (Wildman–Crippen MR) is 108 cm³/mol. The molecule has 0 N–H and O–H groups in total.